The van der Waals surface area contributed by atoms with Gasteiger partial charge < -0.3 is 10.2 Å². The maximum absolute atomic E-state index is 13.0. The van der Waals surface area contributed by atoms with Crippen molar-refractivity contribution in [1.82, 2.24) is 4.90 Å². The first-order valence-electron chi connectivity index (χ1n) is 9.76. The number of rotatable bonds is 5. The van der Waals surface area contributed by atoms with Gasteiger partial charge in [0.2, 0.25) is 11.8 Å². The summed E-state index contributed by atoms with van der Waals surface area (Å²) in [6.45, 7) is 4.77. The highest BCUT2D eigenvalue weighted by Crippen LogP contribution is 2.27. The largest absolute Gasteiger partial charge is 0.342 e. The van der Waals surface area contributed by atoms with Crippen LogP contribution in [0, 0.1) is 11.3 Å². The fourth-order valence-electron chi connectivity index (χ4n) is 3.63. The monoisotopic (exact) mass is 398 g/mol. The molecule has 5 heteroatoms. The molecule has 0 unspecified atom stereocenters. The van der Waals surface area contributed by atoms with E-state index in [-0.39, 0.29) is 11.8 Å². The molecular formula is C23H27ClN2O2. The Morgan fingerprint density at radius 2 is 1.75 bits per heavy atom. The van der Waals surface area contributed by atoms with Gasteiger partial charge in [0.15, 0.2) is 0 Å². The Bertz CT molecular complexity index is 828. The molecule has 4 nitrogen and oxygen atoms in total. The Balaban J connectivity index is 1.56. The molecule has 0 saturated carbocycles. The second kappa shape index (κ2) is 8.78. The van der Waals surface area contributed by atoms with Gasteiger partial charge in [-0.2, -0.15) is 0 Å². The molecule has 0 aromatic heterocycles. The number of carbonyl (C=O) groups is 2. The van der Waals surface area contributed by atoms with E-state index >= 15 is 0 Å². The summed E-state index contributed by atoms with van der Waals surface area (Å²) in [5, 5.41) is 3.36. The third-order valence-corrected chi connectivity index (χ3v) is 5.69. The summed E-state index contributed by atoms with van der Waals surface area (Å²) < 4.78 is 0. The van der Waals surface area contributed by atoms with Crippen molar-refractivity contribution in [3.05, 3.63) is 65.2 Å². The van der Waals surface area contributed by atoms with E-state index in [1.807, 2.05) is 11.0 Å². The molecule has 148 valence electrons. The average molecular weight is 399 g/mol. The fraction of sp³-hybridized carbons (Fsp3) is 0.391. The zero-order chi connectivity index (χ0) is 20.1. The van der Waals surface area contributed by atoms with Crippen molar-refractivity contribution >= 4 is 29.1 Å². The van der Waals surface area contributed by atoms with Crippen molar-refractivity contribution < 1.29 is 9.59 Å². The first kappa shape index (κ1) is 20.4. The predicted molar refractivity (Wildman–Crippen MR) is 113 cm³/mol. The lowest BCUT2D eigenvalue weighted by molar-refractivity contribution is -0.147. The lowest BCUT2D eigenvalue weighted by Crippen LogP contribution is -2.50. The van der Waals surface area contributed by atoms with E-state index in [4.69, 9.17) is 11.6 Å². The minimum atomic E-state index is -1.13. The van der Waals surface area contributed by atoms with Gasteiger partial charge in [0.25, 0.3) is 0 Å². The number of nitrogens with zero attached hydrogens (tertiary/aromatic N) is 1. The van der Waals surface area contributed by atoms with Gasteiger partial charge in [-0.15, -0.1) is 0 Å². The van der Waals surface area contributed by atoms with Crippen LogP contribution in [0.5, 0.6) is 0 Å². The number of nitrogens with one attached hydrogen (secondary N) is 1. The van der Waals surface area contributed by atoms with E-state index in [2.05, 4.69) is 29.6 Å². The number of likely N-dealkylation sites (tertiary alicyclic amines) is 1. The normalized spacial score (nSPS) is 15.3. The summed E-state index contributed by atoms with van der Waals surface area (Å²) >= 11 is 5.97. The Hall–Kier alpha value is -2.33. The van der Waals surface area contributed by atoms with E-state index in [0.29, 0.717) is 29.7 Å². The molecule has 1 saturated heterocycles. The highest BCUT2D eigenvalue weighted by Gasteiger charge is 2.40. The molecule has 0 aliphatic carbocycles. The van der Waals surface area contributed by atoms with Crippen molar-refractivity contribution in [2.75, 3.05) is 18.4 Å². The second-order valence-electron chi connectivity index (χ2n) is 8.01. The number of piperidine rings is 1. The zero-order valence-corrected chi connectivity index (χ0v) is 17.2. The second-order valence-corrected chi connectivity index (χ2v) is 8.45. The minimum Gasteiger partial charge on any atom is -0.342 e. The van der Waals surface area contributed by atoms with Crippen molar-refractivity contribution in [3.8, 4) is 0 Å². The lowest BCUT2D eigenvalue weighted by atomic mass is 9.86. The Morgan fingerprint density at radius 1 is 1.07 bits per heavy atom. The van der Waals surface area contributed by atoms with Gasteiger partial charge in [-0.25, -0.2) is 0 Å². The van der Waals surface area contributed by atoms with Crippen LogP contribution in [0.1, 0.15) is 32.3 Å². The molecule has 28 heavy (non-hydrogen) atoms. The van der Waals surface area contributed by atoms with Crippen LogP contribution in [0.4, 0.5) is 5.69 Å². The van der Waals surface area contributed by atoms with E-state index in [1.165, 1.54) is 5.56 Å². The van der Waals surface area contributed by atoms with Crippen LogP contribution in [-0.4, -0.2) is 29.8 Å². The van der Waals surface area contributed by atoms with E-state index in [0.717, 1.165) is 19.3 Å². The minimum absolute atomic E-state index is 0.120. The van der Waals surface area contributed by atoms with Crippen molar-refractivity contribution in [2.45, 2.75) is 33.1 Å². The van der Waals surface area contributed by atoms with Gasteiger partial charge in [0, 0.05) is 23.8 Å². The summed E-state index contributed by atoms with van der Waals surface area (Å²) in [5.74, 6) is 0.145. The molecule has 3 rings (SSSR count). The van der Waals surface area contributed by atoms with Crippen molar-refractivity contribution in [1.29, 1.82) is 0 Å². The molecular weight excluding hydrogens is 372 g/mol. The fourth-order valence-corrected chi connectivity index (χ4v) is 3.82. The van der Waals surface area contributed by atoms with Crippen LogP contribution in [0.2, 0.25) is 5.02 Å². The molecule has 0 bridgehead atoms. The van der Waals surface area contributed by atoms with Crippen LogP contribution in [0.15, 0.2) is 54.6 Å². The molecule has 2 aromatic carbocycles. The van der Waals surface area contributed by atoms with E-state index < -0.39 is 5.41 Å². The summed E-state index contributed by atoms with van der Waals surface area (Å²) in [6, 6.07) is 17.4. The number of hydrogen-bond donors (Lipinski definition) is 1. The average Bonchev–Trinajstić information content (AvgIpc) is 2.69. The predicted octanol–water partition coefficient (Wildman–Crippen LogP) is 4.79. The number of amides is 2. The summed E-state index contributed by atoms with van der Waals surface area (Å²) in [5.41, 5.74) is 0.808. The Labute approximate surface area is 171 Å². The number of hydrogen-bond acceptors (Lipinski definition) is 2. The first-order chi connectivity index (χ1) is 13.4. The highest BCUT2D eigenvalue weighted by molar-refractivity contribution is 6.31. The summed E-state index contributed by atoms with van der Waals surface area (Å²) in [6.07, 6.45) is 2.97. The highest BCUT2D eigenvalue weighted by atomic mass is 35.5. The molecule has 0 radical (unpaired) electrons. The van der Waals surface area contributed by atoms with Gasteiger partial charge in [0.1, 0.15) is 5.41 Å². The molecule has 0 spiro atoms. The van der Waals surface area contributed by atoms with Crippen LogP contribution >= 0.6 is 11.6 Å². The molecule has 2 aromatic rings. The maximum Gasteiger partial charge on any atom is 0.239 e. The SMILES string of the molecule is CC(C)(C(=O)Nc1cccc(Cl)c1)C(=O)N1CCC(Cc2ccccc2)CC1. The van der Waals surface area contributed by atoms with Gasteiger partial charge >= 0.3 is 0 Å². The van der Waals surface area contributed by atoms with Crippen LogP contribution in [0.3, 0.4) is 0 Å². The van der Waals surface area contributed by atoms with Gasteiger partial charge in [-0.3, -0.25) is 9.59 Å². The van der Waals surface area contributed by atoms with Gasteiger partial charge in [-0.05, 0) is 62.8 Å². The molecule has 1 fully saturated rings. The number of anilines is 1. The molecule has 2 amide bonds. The van der Waals surface area contributed by atoms with E-state index in [1.54, 1.807) is 38.1 Å². The van der Waals surface area contributed by atoms with Crippen molar-refractivity contribution in [3.63, 3.8) is 0 Å². The number of benzene rings is 2. The van der Waals surface area contributed by atoms with Crippen molar-refractivity contribution in [2.24, 2.45) is 11.3 Å². The van der Waals surface area contributed by atoms with Gasteiger partial charge in [-0.1, -0.05) is 48.0 Å². The quantitative estimate of drug-likeness (QED) is 0.736. The van der Waals surface area contributed by atoms with Crippen LogP contribution in [-0.2, 0) is 16.0 Å². The smallest absolute Gasteiger partial charge is 0.239 e. The van der Waals surface area contributed by atoms with Gasteiger partial charge in [0.05, 0.1) is 0 Å². The number of carbonyl (C=O) groups excluding carboxylic acids is 2. The Morgan fingerprint density at radius 3 is 2.39 bits per heavy atom. The summed E-state index contributed by atoms with van der Waals surface area (Å²) in [7, 11) is 0. The molecule has 0 atom stereocenters. The lowest BCUT2D eigenvalue weighted by Gasteiger charge is -2.36. The van der Waals surface area contributed by atoms with E-state index in [9.17, 15) is 9.59 Å². The molecule has 1 aliphatic heterocycles. The topological polar surface area (TPSA) is 49.4 Å². The standard InChI is InChI=1S/C23H27ClN2O2/c1-23(2,21(27)25-20-10-6-9-19(24)16-20)22(28)26-13-11-18(12-14-26)15-17-7-4-3-5-8-17/h3-10,16,18H,11-15H2,1-2H3,(H,25,27). The molecule has 1 N–H and O–H groups in total. The Kier molecular flexibility index (Phi) is 6.40. The number of halogens is 1. The molecule has 1 heterocycles. The zero-order valence-electron chi connectivity index (χ0n) is 16.5. The first-order valence-corrected chi connectivity index (χ1v) is 10.1. The third-order valence-electron chi connectivity index (χ3n) is 5.45. The maximum atomic E-state index is 13.0. The van der Waals surface area contributed by atoms with Crippen LogP contribution in [0.25, 0.3) is 0 Å². The summed E-state index contributed by atoms with van der Waals surface area (Å²) in [4.78, 5) is 27.6. The third kappa shape index (κ3) is 4.93. The van der Waals surface area contributed by atoms with Crippen LogP contribution < -0.4 is 5.32 Å². The molecule has 1 aliphatic rings.